The van der Waals surface area contributed by atoms with Crippen molar-refractivity contribution in [3.8, 4) is 0 Å². The first kappa shape index (κ1) is 17.9. The molecule has 1 heterocycles. The van der Waals surface area contributed by atoms with Gasteiger partial charge in [-0.3, -0.25) is 14.4 Å². The zero-order valence-electron chi connectivity index (χ0n) is 13.9. The van der Waals surface area contributed by atoms with E-state index in [-0.39, 0.29) is 36.0 Å². The van der Waals surface area contributed by atoms with Crippen LogP contribution in [0.2, 0.25) is 0 Å². The summed E-state index contributed by atoms with van der Waals surface area (Å²) in [5.41, 5.74) is 0.483. The van der Waals surface area contributed by atoms with Crippen LogP contribution in [0.25, 0.3) is 0 Å². The van der Waals surface area contributed by atoms with Gasteiger partial charge >= 0.3 is 0 Å². The third-order valence-electron chi connectivity index (χ3n) is 4.17. The molecule has 0 aliphatic carbocycles. The summed E-state index contributed by atoms with van der Waals surface area (Å²) in [7, 11) is 1.59. The maximum Gasteiger partial charge on any atom is 0.243 e. The van der Waals surface area contributed by atoms with E-state index in [1.165, 1.54) is 36.1 Å². The molecular weight excluding hydrogens is 313 g/mol. The monoisotopic (exact) mass is 335 g/mol. The van der Waals surface area contributed by atoms with Crippen LogP contribution in [-0.4, -0.2) is 54.2 Å². The predicted octanol–water partition coefficient (Wildman–Crippen LogP) is 1.48. The second-order valence-corrected chi connectivity index (χ2v) is 6.03. The number of nitrogens with one attached hydrogen (secondary N) is 1. The van der Waals surface area contributed by atoms with Gasteiger partial charge < -0.3 is 15.1 Å². The van der Waals surface area contributed by atoms with Crippen molar-refractivity contribution in [3.63, 3.8) is 0 Å². The van der Waals surface area contributed by atoms with Gasteiger partial charge in [-0.15, -0.1) is 0 Å². The smallest absolute Gasteiger partial charge is 0.243 e. The van der Waals surface area contributed by atoms with Gasteiger partial charge in [0.1, 0.15) is 5.82 Å². The van der Waals surface area contributed by atoms with Crippen LogP contribution in [0.15, 0.2) is 24.3 Å². The van der Waals surface area contributed by atoms with Crippen molar-refractivity contribution < 1.29 is 18.8 Å². The van der Waals surface area contributed by atoms with Gasteiger partial charge in [0, 0.05) is 38.7 Å². The maximum atomic E-state index is 12.8. The summed E-state index contributed by atoms with van der Waals surface area (Å²) in [5, 5.41) is 2.63. The van der Waals surface area contributed by atoms with Crippen LogP contribution in [0.4, 0.5) is 10.1 Å². The SMILES string of the molecule is CC(=O)N1CCC(C(=O)N(C)CC(=O)Nc2ccc(F)cc2)CC1. The lowest BCUT2D eigenvalue weighted by molar-refractivity contribution is -0.140. The number of anilines is 1. The molecule has 130 valence electrons. The number of rotatable bonds is 4. The first-order valence-electron chi connectivity index (χ1n) is 7.92. The summed E-state index contributed by atoms with van der Waals surface area (Å²) < 4.78 is 12.8. The Kier molecular flexibility index (Phi) is 5.89. The predicted molar refractivity (Wildman–Crippen MR) is 87.6 cm³/mol. The molecule has 0 spiro atoms. The molecule has 1 aromatic rings. The van der Waals surface area contributed by atoms with Crippen molar-refractivity contribution in [3.05, 3.63) is 30.1 Å². The fourth-order valence-corrected chi connectivity index (χ4v) is 2.78. The fraction of sp³-hybridized carbons (Fsp3) is 0.471. The number of halogens is 1. The molecule has 2 rings (SSSR count). The van der Waals surface area contributed by atoms with Gasteiger partial charge in [-0.25, -0.2) is 4.39 Å². The Labute approximate surface area is 140 Å². The first-order valence-corrected chi connectivity index (χ1v) is 7.92. The molecule has 0 unspecified atom stereocenters. The minimum Gasteiger partial charge on any atom is -0.343 e. The van der Waals surface area contributed by atoms with Crippen LogP contribution in [0.5, 0.6) is 0 Å². The number of piperidine rings is 1. The lowest BCUT2D eigenvalue weighted by Gasteiger charge is -2.32. The second kappa shape index (κ2) is 7.90. The van der Waals surface area contributed by atoms with Crippen molar-refractivity contribution in [2.24, 2.45) is 5.92 Å². The number of amides is 3. The Hall–Kier alpha value is -2.44. The van der Waals surface area contributed by atoms with Crippen LogP contribution in [0.1, 0.15) is 19.8 Å². The largest absolute Gasteiger partial charge is 0.343 e. The molecule has 3 amide bonds. The molecule has 6 nitrogen and oxygen atoms in total. The van der Waals surface area contributed by atoms with Crippen LogP contribution in [0.3, 0.4) is 0 Å². The van der Waals surface area contributed by atoms with Crippen molar-refractivity contribution in [2.75, 3.05) is 32.0 Å². The molecule has 24 heavy (non-hydrogen) atoms. The maximum absolute atomic E-state index is 12.8. The summed E-state index contributed by atoms with van der Waals surface area (Å²) in [6.45, 7) is 2.60. The van der Waals surface area contributed by atoms with Gasteiger partial charge in [0.2, 0.25) is 17.7 Å². The summed E-state index contributed by atoms with van der Waals surface area (Å²) in [5.74, 6) is -0.944. The lowest BCUT2D eigenvalue weighted by atomic mass is 9.95. The van der Waals surface area contributed by atoms with Gasteiger partial charge in [-0.2, -0.15) is 0 Å². The highest BCUT2D eigenvalue weighted by atomic mass is 19.1. The van der Waals surface area contributed by atoms with E-state index in [2.05, 4.69) is 5.32 Å². The summed E-state index contributed by atoms with van der Waals surface area (Å²) in [6.07, 6.45) is 1.23. The van der Waals surface area contributed by atoms with Crippen LogP contribution in [-0.2, 0) is 14.4 Å². The molecule has 0 bridgehead atoms. The summed E-state index contributed by atoms with van der Waals surface area (Å²) >= 11 is 0. The van der Waals surface area contributed by atoms with Gasteiger partial charge in [0.25, 0.3) is 0 Å². The molecule has 1 saturated heterocycles. The van der Waals surface area contributed by atoms with E-state index in [4.69, 9.17) is 0 Å². The summed E-state index contributed by atoms with van der Waals surface area (Å²) in [6, 6.07) is 5.44. The third-order valence-corrected chi connectivity index (χ3v) is 4.17. The number of nitrogens with zero attached hydrogens (tertiary/aromatic N) is 2. The Morgan fingerprint density at radius 1 is 1.21 bits per heavy atom. The normalized spacial score (nSPS) is 15.0. The molecule has 0 atom stereocenters. The van der Waals surface area contributed by atoms with Crippen LogP contribution >= 0.6 is 0 Å². The highest BCUT2D eigenvalue weighted by Gasteiger charge is 2.28. The van der Waals surface area contributed by atoms with E-state index >= 15 is 0 Å². The van der Waals surface area contributed by atoms with Gasteiger partial charge in [0.05, 0.1) is 6.54 Å². The van der Waals surface area contributed by atoms with Gasteiger partial charge in [-0.05, 0) is 37.1 Å². The van der Waals surface area contributed by atoms with E-state index in [1.807, 2.05) is 0 Å². The van der Waals surface area contributed by atoms with Crippen molar-refractivity contribution in [1.82, 2.24) is 9.80 Å². The van der Waals surface area contributed by atoms with E-state index in [1.54, 1.807) is 11.9 Å². The number of hydrogen-bond acceptors (Lipinski definition) is 3. The Morgan fingerprint density at radius 2 is 1.79 bits per heavy atom. The molecule has 1 fully saturated rings. The van der Waals surface area contributed by atoms with E-state index in [0.29, 0.717) is 31.6 Å². The number of likely N-dealkylation sites (N-methyl/N-ethyl adjacent to an activating group) is 1. The lowest BCUT2D eigenvalue weighted by Crippen LogP contribution is -2.44. The average molecular weight is 335 g/mol. The van der Waals surface area contributed by atoms with Crippen LogP contribution < -0.4 is 5.32 Å². The summed E-state index contributed by atoms with van der Waals surface area (Å²) in [4.78, 5) is 38.8. The zero-order valence-corrected chi connectivity index (χ0v) is 13.9. The average Bonchev–Trinajstić information content (AvgIpc) is 2.56. The number of hydrogen-bond donors (Lipinski definition) is 1. The van der Waals surface area contributed by atoms with Gasteiger partial charge in [0.15, 0.2) is 0 Å². The number of carbonyl (C=O) groups excluding carboxylic acids is 3. The fourth-order valence-electron chi connectivity index (χ4n) is 2.78. The van der Waals surface area contributed by atoms with E-state index in [9.17, 15) is 18.8 Å². The highest BCUT2D eigenvalue weighted by molar-refractivity contribution is 5.94. The molecule has 0 saturated carbocycles. The third kappa shape index (κ3) is 4.78. The second-order valence-electron chi connectivity index (χ2n) is 6.03. The quantitative estimate of drug-likeness (QED) is 0.906. The molecule has 0 aromatic heterocycles. The number of carbonyl (C=O) groups is 3. The molecule has 1 aliphatic heterocycles. The molecule has 0 radical (unpaired) electrons. The Balaban J connectivity index is 1.82. The minimum atomic E-state index is -0.378. The molecule has 1 aliphatic rings. The van der Waals surface area contributed by atoms with Crippen molar-refractivity contribution in [1.29, 1.82) is 0 Å². The molecule has 1 aromatic carbocycles. The highest BCUT2D eigenvalue weighted by Crippen LogP contribution is 2.19. The van der Waals surface area contributed by atoms with Crippen molar-refractivity contribution >= 4 is 23.4 Å². The molecule has 7 heteroatoms. The first-order chi connectivity index (χ1) is 11.4. The standard InChI is InChI=1S/C17H22FN3O3/c1-12(22)21-9-7-13(8-10-21)17(24)20(2)11-16(23)19-15-5-3-14(18)4-6-15/h3-6,13H,7-11H2,1-2H3,(H,19,23). The zero-order chi connectivity index (χ0) is 17.7. The van der Waals surface area contributed by atoms with E-state index in [0.717, 1.165) is 0 Å². The Morgan fingerprint density at radius 3 is 2.33 bits per heavy atom. The topological polar surface area (TPSA) is 69.7 Å². The van der Waals surface area contributed by atoms with Gasteiger partial charge in [-0.1, -0.05) is 0 Å². The Bertz CT molecular complexity index is 610. The molecular formula is C17H22FN3O3. The van der Waals surface area contributed by atoms with Crippen molar-refractivity contribution in [2.45, 2.75) is 19.8 Å². The number of likely N-dealkylation sites (tertiary alicyclic amines) is 1. The number of benzene rings is 1. The minimum absolute atomic E-state index is 0.0212. The van der Waals surface area contributed by atoms with E-state index < -0.39 is 0 Å². The van der Waals surface area contributed by atoms with Crippen LogP contribution in [0, 0.1) is 11.7 Å². The molecule has 1 N–H and O–H groups in total.